The van der Waals surface area contributed by atoms with Gasteiger partial charge in [-0.15, -0.1) is 0 Å². The van der Waals surface area contributed by atoms with E-state index in [1.165, 1.54) is 31.2 Å². The molecule has 20 heavy (non-hydrogen) atoms. The van der Waals surface area contributed by atoms with E-state index in [4.69, 9.17) is 0 Å². The fourth-order valence-electron chi connectivity index (χ4n) is 3.46. The van der Waals surface area contributed by atoms with Crippen LogP contribution in [0.15, 0.2) is 24.5 Å². The summed E-state index contributed by atoms with van der Waals surface area (Å²) in [6.07, 6.45) is 10.4. The highest BCUT2D eigenvalue weighted by atomic mass is 14.9. The van der Waals surface area contributed by atoms with Crippen LogP contribution in [0.5, 0.6) is 0 Å². The molecule has 1 fully saturated rings. The molecule has 1 aromatic heterocycles. The first-order chi connectivity index (χ1) is 9.70. The first kappa shape index (κ1) is 15.5. The number of nitrogens with one attached hydrogen (secondary N) is 1. The zero-order valence-corrected chi connectivity index (χ0v) is 13.3. The number of hydrogen-bond acceptors (Lipinski definition) is 2. The number of nitrogens with zero attached hydrogens (tertiary/aromatic N) is 1. The van der Waals surface area contributed by atoms with Gasteiger partial charge >= 0.3 is 0 Å². The fourth-order valence-corrected chi connectivity index (χ4v) is 3.46. The van der Waals surface area contributed by atoms with Gasteiger partial charge in [0.15, 0.2) is 0 Å². The molecule has 0 aromatic carbocycles. The summed E-state index contributed by atoms with van der Waals surface area (Å²) in [7, 11) is 0. The van der Waals surface area contributed by atoms with Crippen molar-refractivity contribution in [1.29, 1.82) is 0 Å². The average molecular weight is 274 g/mol. The highest BCUT2D eigenvalue weighted by Crippen LogP contribution is 2.35. The molecule has 0 saturated heterocycles. The lowest BCUT2D eigenvalue weighted by molar-refractivity contribution is 0.170. The molecule has 0 amide bonds. The normalized spacial score (nSPS) is 28.2. The van der Waals surface area contributed by atoms with Crippen LogP contribution >= 0.6 is 0 Å². The Hall–Kier alpha value is -0.890. The Bertz CT molecular complexity index is 376. The Labute approximate surface area is 124 Å². The summed E-state index contributed by atoms with van der Waals surface area (Å²) in [5, 5.41) is 3.80. The second-order valence-electron chi connectivity index (χ2n) is 6.65. The molecule has 1 heterocycles. The molecule has 1 aromatic rings. The first-order valence-electron chi connectivity index (χ1n) is 8.33. The number of rotatable bonds is 6. The van der Waals surface area contributed by atoms with E-state index < -0.39 is 0 Å². The smallest absolute Gasteiger partial charge is 0.0300 e. The Morgan fingerprint density at radius 2 is 2.15 bits per heavy atom. The molecule has 112 valence electrons. The van der Waals surface area contributed by atoms with Crippen molar-refractivity contribution in [2.24, 2.45) is 17.8 Å². The van der Waals surface area contributed by atoms with Gasteiger partial charge in [-0.2, -0.15) is 0 Å². The van der Waals surface area contributed by atoms with E-state index in [1.54, 1.807) is 0 Å². The third-order valence-corrected chi connectivity index (χ3v) is 5.04. The first-order valence-corrected chi connectivity index (χ1v) is 8.33. The minimum Gasteiger partial charge on any atom is -0.313 e. The maximum absolute atomic E-state index is 4.26. The van der Waals surface area contributed by atoms with E-state index >= 15 is 0 Å². The zero-order chi connectivity index (χ0) is 14.4. The highest BCUT2D eigenvalue weighted by Gasteiger charge is 2.29. The average Bonchev–Trinajstić information content (AvgIpc) is 2.47. The van der Waals surface area contributed by atoms with E-state index in [0.29, 0.717) is 6.04 Å². The largest absolute Gasteiger partial charge is 0.313 e. The van der Waals surface area contributed by atoms with Crippen molar-refractivity contribution in [3.63, 3.8) is 0 Å². The second-order valence-corrected chi connectivity index (χ2v) is 6.65. The van der Waals surface area contributed by atoms with Crippen molar-refractivity contribution in [2.75, 3.05) is 6.54 Å². The maximum atomic E-state index is 4.26. The molecular weight excluding hydrogens is 244 g/mol. The Morgan fingerprint density at radius 1 is 1.30 bits per heavy atom. The quantitative estimate of drug-likeness (QED) is 0.846. The fraction of sp³-hybridized carbons (Fsp3) is 0.722. The standard InChI is InChI=1S/C18H30N2/c1-4-9-20-18(12-16-6-5-10-19-13-16)17-8-7-14(2)15(3)11-17/h5-6,10,13-15,17-18,20H,4,7-9,11-12H2,1-3H3. The van der Waals surface area contributed by atoms with Gasteiger partial charge < -0.3 is 5.32 Å². The second kappa shape index (κ2) is 7.78. The Kier molecular flexibility index (Phi) is 6.03. The van der Waals surface area contributed by atoms with Gasteiger partial charge in [0.2, 0.25) is 0 Å². The van der Waals surface area contributed by atoms with Crippen LogP contribution in [0.1, 0.15) is 52.0 Å². The topological polar surface area (TPSA) is 24.9 Å². The van der Waals surface area contributed by atoms with Crippen LogP contribution in [0.2, 0.25) is 0 Å². The lowest BCUT2D eigenvalue weighted by Gasteiger charge is -2.37. The van der Waals surface area contributed by atoms with Crippen LogP contribution in [-0.2, 0) is 6.42 Å². The van der Waals surface area contributed by atoms with Gasteiger partial charge in [-0.1, -0.05) is 33.3 Å². The summed E-state index contributed by atoms with van der Waals surface area (Å²) in [5.41, 5.74) is 1.37. The van der Waals surface area contributed by atoms with Gasteiger partial charge in [-0.3, -0.25) is 4.98 Å². The van der Waals surface area contributed by atoms with Crippen molar-refractivity contribution >= 4 is 0 Å². The minimum absolute atomic E-state index is 0.620. The van der Waals surface area contributed by atoms with Gasteiger partial charge in [0.25, 0.3) is 0 Å². The van der Waals surface area contributed by atoms with Gasteiger partial charge in [-0.25, -0.2) is 0 Å². The van der Waals surface area contributed by atoms with E-state index in [2.05, 4.69) is 43.2 Å². The maximum Gasteiger partial charge on any atom is 0.0300 e. The van der Waals surface area contributed by atoms with Crippen LogP contribution in [0.4, 0.5) is 0 Å². The number of aromatic nitrogens is 1. The molecule has 4 atom stereocenters. The van der Waals surface area contributed by atoms with Crippen LogP contribution in [-0.4, -0.2) is 17.6 Å². The van der Waals surface area contributed by atoms with Gasteiger partial charge in [0, 0.05) is 18.4 Å². The molecule has 2 heteroatoms. The van der Waals surface area contributed by atoms with Crippen LogP contribution in [0.25, 0.3) is 0 Å². The molecular formula is C18H30N2. The highest BCUT2D eigenvalue weighted by molar-refractivity contribution is 5.11. The van der Waals surface area contributed by atoms with Crippen molar-refractivity contribution in [1.82, 2.24) is 10.3 Å². The van der Waals surface area contributed by atoms with Crippen molar-refractivity contribution in [3.05, 3.63) is 30.1 Å². The predicted octanol–water partition coefficient (Wildman–Crippen LogP) is 4.06. The van der Waals surface area contributed by atoms with Crippen LogP contribution in [0, 0.1) is 17.8 Å². The Balaban J connectivity index is 1.99. The molecule has 0 spiro atoms. The number of hydrogen-bond donors (Lipinski definition) is 1. The van der Waals surface area contributed by atoms with E-state index in [9.17, 15) is 0 Å². The Morgan fingerprint density at radius 3 is 2.80 bits per heavy atom. The van der Waals surface area contributed by atoms with E-state index in [0.717, 1.165) is 30.7 Å². The molecule has 0 bridgehead atoms. The number of pyridine rings is 1. The molecule has 1 N–H and O–H groups in total. The molecule has 1 aliphatic rings. The van der Waals surface area contributed by atoms with Gasteiger partial charge in [0.1, 0.15) is 0 Å². The summed E-state index contributed by atoms with van der Waals surface area (Å²) in [6.45, 7) is 8.22. The monoisotopic (exact) mass is 274 g/mol. The lowest BCUT2D eigenvalue weighted by atomic mass is 9.72. The summed E-state index contributed by atoms with van der Waals surface area (Å²) >= 11 is 0. The van der Waals surface area contributed by atoms with E-state index in [-0.39, 0.29) is 0 Å². The van der Waals surface area contributed by atoms with Crippen LogP contribution in [0.3, 0.4) is 0 Å². The van der Waals surface area contributed by atoms with Crippen molar-refractivity contribution in [2.45, 2.75) is 58.9 Å². The summed E-state index contributed by atoms with van der Waals surface area (Å²) in [6, 6.07) is 4.88. The minimum atomic E-state index is 0.620. The van der Waals surface area contributed by atoms with Gasteiger partial charge in [-0.05, 0) is 61.6 Å². The summed E-state index contributed by atoms with van der Waals surface area (Å²) < 4.78 is 0. The SMILES string of the molecule is CCCNC(Cc1cccnc1)C1CCC(C)C(C)C1. The third kappa shape index (κ3) is 4.31. The summed E-state index contributed by atoms with van der Waals surface area (Å²) in [4.78, 5) is 4.26. The molecule has 1 saturated carbocycles. The van der Waals surface area contributed by atoms with E-state index in [1.807, 2.05) is 12.4 Å². The zero-order valence-electron chi connectivity index (χ0n) is 13.3. The van der Waals surface area contributed by atoms with Crippen molar-refractivity contribution in [3.8, 4) is 0 Å². The lowest BCUT2D eigenvalue weighted by Crippen LogP contribution is -2.41. The molecule has 1 aliphatic carbocycles. The summed E-state index contributed by atoms with van der Waals surface area (Å²) in [5.74, 6) is 2.60. The van der Waals surface area contributed by atoms with Crippen LogP contribution < -0.4 is 5.32 Å². The third-order valence-electron chi connectivity index (χ3n) is 5.04. The molecule has 0 aliphatic heterocycles. The predicted molar refractivity (Wildman–Crippen MR) is 85.7 cm³/mol. The van der Waals surface area contributed by atoms with Crippen molar-refractivity contribution < 1.29 is 0 Å². The molecule has 2 rings (SSSR count). The molecule has 2 nitrogen and oxygen atoms in total. The van der Waals surface area contributed by atoms with Gasteiger partial charge in [0.05, 0.1) is 0 Å². The molecule has 4 unspecified atom stereocenters. The molecule has 0 radical (unpaired) electrons.